The minimum Gasteiger partial charge on any atom is -0.377 e. The van der Waals surface area contributed by atoms with Gasteiger partial charge in [-0.25, -0.2) is 0 Å². The summed E-state index contributed by atoms with van der Waals surface area (Å²) in [5.74, 6) is 0.579. The number of hydrogen-bond acceptors (Lipinski definition) is 2. The fourth-order valence-corrected chi connectivity index (χ4v) is 1.15. The van der Waals surface area contributed by atoms with Crippen molar-refractivity contribution < 1.29 is 9.53 Å². The smallest absolute Gasteiger partial charge is 0.122 e. The minimum atomic E-state index is 0.211. The lowest BCUT2D eigenvalue weighted by molar-refractivity contribution is -0.110. The highest BCUT2D eigenvalue weighted by atomic mass is 16.5. The van der Waals surface area contributed by atoms with Gasteiger partial charge in [0.2, 0.25) is 0 Å². The lowest BCUT2D eigenvalue weighted by Crippen LogP contribution is -2.12. The Morgan fingerprint density at radius 2 is 2.56 bits per heavy atom. The summed E-state index contributed by atoms with van der Waals surface area (Å²) in [6, 6.07) is 0. The molecule has 1 saturated heterocycles. The van der Waals surface area contributed by atoms with E-state index in [-0.39, 0.29) is 6.10 Å². The molecule has 0 N–H and O–H groups in total. The summed E-state index contributed by atoms with van der Waals surface area (Å²) in [6.07, 6.45) is 2.83. The third-order valence-electron chi connectivity index (χ3n) is 1.87. The van der Waals surface area contributed by atoms with Crippen LogP contribution in [0.15, 0.2) is 0 Å². The van der Waals surface area contributed by atoms with E-state index in [0.29, 0.717) is 12.3 Å². The van der Waals surface area contributed by atoms with Gasteiger partial charge >= 0.3 is 0 Å². The van der Waals surface area contributed by atoms with Gasteiger partial charge in [-0.3, -0.25) is 0 Å². The van der Waals surface area contributed by atoms with E-state index < -0.39 is 0 Å². The van der Waals surface area contributed by atoms with Crippen molar-refractivity contribution in [1.29, 1.82) is 0 Å². The molecule has 0 aromatic carbocycles. The van der Waals surface area contributed by atoms with Gasteiger partial charge in [0, 0.05) is 13.0 Å². The van der Waals surface area contributed by atoms with Crippen LogP contribution in [0.3, 0.4) is 0 Å². The summed E-state index contributed by atoms with van der Waals surface area (Å²) in [6.45, 7) is 2.96. The molecule has 1 rings (SSSR count). The summed E-state index contributed by atoms with van der Waals surface area (Å²) in [7, 11) is 0. The van der Waals surface area contributed by atoms with Gasteiger partial charge < -0.3 is 9.53 Å². The van der Waals surface area contributed by atoms with Gasteiger partial charge in [-0.05, 0) is 12.3 Å². The van der Waals surface area contributed by atoms with Crippen molar-refractivity contribution in [1.82, 2.24) is 0 Å². The minimum absolute atomic E-state index is 0.211. The third kappa shape index (κ3) is 1.52. The van der Waals surface area contributed by atoms with Crippen molar-refractivity contribution >= 4 is 6.29 Å². The van der Waals surface area contributed by atoms with E-state index >= 15 is 0 Å². The average molecular weight is 128 g/mol. The molecule has 0 aromatic rings. The van der Waals surface area contributed by atoms with Crippen LogP contribution in [0.5, 0.6) is 0 Å². The summed E-state index contributed by atoms with van der Waals surface area (Å²) in [5.41, 5.74) is 0. The average Bonchev–Trinajstić information content (AvgIpc) is 2.18. The molecule has 1 heterocycles. The maximum atomic E-state index is 10.0. The van der Waals surface area contributed by atoms with Crippen LogP contribution in [-0.4, -0.2) is 19.0 Å². The highest BCUT2D eigenvalue weighted by Gasteiger charge is 2.22. The Labute approximate surface area is 55.2 Å². The Morgan fingerprint density at radius 3 is 3.00 bits per heavy atom. The molecule has 1 fully saturated rings. The predicted molar refractivity (Wildman–Crippen MR) is 34.2 cm³/mol. The first-order valence-corrected chi connectivity index (χ1v) is 3.40. The Morgan fingerprint density at radius 1 is 1.78 bits per heavy atom. The number of aldehydes is 1. The normalized spacial score (nSPS) is 34.8. The molecule has 0 radical (unpaired) electrons. The maximum absolute atomic E-state index is 10.0. The van der Waals surface area contributed by atoms with Gasteiger partial charge in [-0.1, -0.05) is 6.92 Å². The van der Waals surface area contributed by atoms with Gasteiger partial charge in [0.1, 0.15) is 6.29 Å². The van der Waals surface area contributed by atoms with Crippen molar-refractivity contribution in [2.24, 2.45) is 5.92 Å². The third-order valence-corrected chi connectivity index (χ3v) is 1.87. The van der Waals surface area contributed by atoms with E-state index in [9.17, 15) is 4.79 Å². The number of carbonyl (C=O) groups excluding carboxylic acids is 1. The van der Waals surface area contributed by atoms with Gasteiger partial charge in [-0.15, -0.1) is 0 Å². The quantitative estimate of drug-likeness (QED) is 0.518. The molecular weight excluding hydrogens is 116 g/mol. The molecule has 0 saturated carbocycles. The maximum Gasteiger partial charge on any atom is 0.122 e. The summed E-state index contributed by atoms with van der Waals surface area (Å²) >= 11 is 0. The molecule has 0 spiro atoms. The predicted octanol–water partition coefficient (Wildman–Crippen LogP) is 1.00. The number of ether oxygens (including phenoxy) is 1. The van der Waals surface area contributed by atoms with Crippen LogP contribution >= 0.6 is 0 Å². The molecule has 0 aromatic heterocycles. The lowest BCUT2D eigenvalue weighted by Gasteiger charge is -2.08. The largest absolute Gasteiger partial charge is 0.377 e. The van der Waals surface area contributed by atoms with Crippen LogP contribution < -0.4 is 0 Å². The lowest BCUT2D eigenvalue weighted by atomic mass is 10.0. The molecule has 1 aliphatic rings. The van der Waals surface area contributed by atoms with Crippen LogP contribution in [0, 0.1) is 5.92 Å². The molecule has 2 atom stereocenters. The fraction of sp³-hybridized carbons (Fsp3) is 0.857. The standard InChI is InChI=1S/C7H12O2/c1-6-3-5-9-7(6)2-4-8/h4,6-7H,2-3,5H2,1H3/t6-,7-/m1/s1. The molecule has 1 aliphatic heterocycles. The van der Waals surface area contributed by atoms with Crippen LogP contribution in [0.1, 0.15) is 19.8 Å². The van der Waals surface area contributed by atoms with Crippen molar-refractivity contribution in [2.75, 3.05) is 6.61 Å². The van der Waals surface area contributed by atoms with Crippen LogP contribution in [-0.2, 0) is 9.53 Å². The number of rotatable bonds is 2. The Kier molecular flexibility index (Phi) is 2.22. The zero-order valence-corrected chi connectivity index (χ0v) is 5.67. The van der Waals surface area contributed by atoms with E-state index in [4.69, 9.17) is 4.74 Å². The van der Waals surface area contributed by atoms with E-state index in [0.717, 1.165) is 19.3 Å². The molecule has 52 valence electrons. The Bertz CT molecular complexity index is 101. The second kappa shape index (κ2) is 2.97. The number of hydrogen-bond donors (Lipinski definition) is 0. The van der Waals surface area contributed by atoms with Crippen molar-refractivity contribution in [2.45, 2.75) is 25.9 Å². The van der Waals surface area contributed by atoms with Gasteiger partial charge in [0.05, 0.1) is 6.10 Å². The molecule has 0 aliphatic carbocycles. The van der Waals surface area contributed by atoms with Crippen molar-refractivity contribution in [3.05, 3.63) is 0 Å². The fourth-order valence-electron chi connectivity index (χ4n) is 1.15. The van der Waals surface area contributed by atoms with Crippen LogP contribution in [0.4, 0.5) is 0 Å². The zero-order chi connectivity index (χ0) is 6.69. The molecule has 0 amide bonds. The topological polar surface area (TPSA) is 26.3 Å². The second-order valence-corrected chi connectivity index (χ2v) is 2.58. The first-order chi connectivity index (χ1) is 4.34. The molecule has 0 bridgehead atoms. The van der Waals surface area contributed by atoms with Gasteiger partial charge in [0.15, 0.2) is 0 Å². The zero-order valence-electron chi connectivity index (χ0n) is 5.67. The Hall–Kier alpha value is -0.370. The van der Waals surface area contributed by atoms with Gasteiger partial charge in [0.25, 0.3) is 0 Å². The molecule has 2 nitrogen and oxygen atoms in total. The highest BCUT2D eigenvalue weighted by molar-refractivity contribution is 5.50. The summed E-state index contributed by atoms with van der Waals surface area (Å²) < 4.78 is 5.27. The van der Waals surface area contributed by atoms with E-state index in [2.05, 4.69) is 6.92 Å². The molecule has 0 unspecified atom stereocenters. The monoisotopic (exact) mass is 128 g/mol. The first kappa shape index (κ1) is 6.75. The molecule has 2 heteroatoms. The summed E-state index contributed by atoms with van der Waals surface area (Å²) in [4.78, 5) is 10.0. The van der Waals surface area contributed by atoms with Gasteiger partial charge in [-0.2, -0.15) is 0 Å². The first-order valence-electron chi connectivity index (χ1n) is 3.40. The van der Waals surface area contributed by atoms with E-state index in [1.54, 1.807) is 0 Å². The van der Waals surface area contributed by atoms with E-state index in [1.807, 2.05) is 0 Å². The van der Waals surface area contributed by atoms with Crippen molar-refractivity contribution in [3.63, 3.8) is 0 Å². The van der Waals surface area contributed by atoms with Crippen molar-refractivity contribution in [3.8, 4) is 0 Å². The second-order valence-electron chi connectivity index (χ2n) is 2.58. The summed E-state index contributed by atoms with van der Waals surface area (Å²) in [5, 5.41) is 0. The van der Waals surface area contributed by atoms with Crippen LogP contribution in [0.2, 0.25) is 0 Å². The Balaban J connectivity index is 2.30. The van der Waals surface area contributed by atoms with Crippen LogP contribution in [0.25, 0.3) is 0 Å². The van der Waals surface area contributed by atoms with E-state index in [1.165, 1.54) is 0 Å². The molecule has 9 heavy (non-hydrogen) atoms. The number of carbonyl (C=O) groups is 1. The highest BCUT2D eigenvalue weighted by Crippen LogP contribution is 2.21. The molecular formula is C7H12O2. The SMILES string of the molecule is C[C@@H]1CCO[C@@H]1CC=O.